The minimum atomic E-state index is 0.514. The topological polar surface area (TPSA) is 72.3 Å². The molecule has 7 nitrogen and oxygen atoms in total. The second-order valence-corrected chi connectivity index (χ2v) is 3.85. The number of hydrogen-bond acceptors (Lipinski definition) is 5. The van der Waals surface area contributed by atoms with E-state index >= 15 is 0 Å². The molecule has 1 rings (SSSR count). The Labute approximate surface area is 112 Å². The maximum Gasteiger partial charge on any atom is 0.215 e. The van der Waals surface area contributed by atoms with Gasteiger partial charge in [-0.2, -0.15) is 5.10 Å². The van der Waals surface area contributed by atoms with Gasteiger partial charge in [-0.1, -0.05) is 6.58 Å². The van der Waals surface area contributed by atoms with Gasteiger partial charge in [-0.3, -0.25) is 4.79 Å². The number of ether oxygens (including phenoxy) is 1. The summed E-state index contributed by atoms with van der Waals surface area (Å²) in [5.74, 6) is 1.22. The summed E-state index contributed by atoms with van der Waals surface area (Å²) < 4.78 is 6.61. The molecule has 0 saturated carbocycles. The molecule has 1 aromatic rings. The lowest BCUT2D eigenvalue weighted by atomic mass is 10.3. The van der Waals surface area contributed by atoms with E-state index in [1.54, 1.807) is 38.3 Å². The van der Waals surface area contributed by atoms with Crippen LogP contribution >= 0.6 is 0 Å². The molecule has 104 valence electrons. The quantitative estimate of drug-likeness (QED) is 0.696. The normalized spacial score (nSPS) is 11.7. The van der Waals surface area contributed by atoms with Crippen molar-refractivity contribution >= 4 is 12.2 Å². The standard InChI is InChI=1S/C12H19N5O2/c1-5-13-11(6-7-19-4)12(16(3)9-18)17-8-14-10(2)15-17/h5,8-9,13H,1,6-7H2,2-4H3/b12-11-. The van der Waals surface area contributed by atoms with Gasteiger partial charge in [-0.05, 0) is 13.1 Å². The van der Waals surface area contributed by atoms with Gasteiger partial charge in [0.1, 0.15) is 12.2 Å². The zero-order valence-corrected chi connectivity index (χ0v) is 11.5. The van der Waals surface area contributed by atoms with E-state index in [0.29, 0.717) is 31.1 Å². The van der Waals surface area contributed by atoms with Gasteiger partial charge in [0.15, 0.2) is 5.82 Å². The van der Waals surface area contributed by atoms with Crippen LogP contribution in [0.25, 0.3) is 5.82 Å². The average Bonchev–Trinajstić information content (AvgIpc) is 2.82. The van der Waals surface area contributed by atoms with Crippen molar-refractivity contribution in [3.05, 3.63) is 30.6 Å². The number of hydrogen-bond donors (Lipinski definition) is 1. The van der Waals surface area contributed by atoms with E-state index in [2.05, 4.69) is 22.0 Å². The van der Waals surface area contributed by atoms with Crippen LogP contribution in [0.4, 0.5) is 0 Å². The van der Waals surface area contributed by atoms with E-state index in [-0.39, 0.29) is 0 Å². The molecule has 0 fully saturated rings. The van der Waals surface area contributed by atoms with Crippen LogP contribution < -0.4 is 5.32 Å². The van der Waals surface area contributed by atoms with Crippen molar-refractivity contribution in [3.8, 4) is 0 Å². The minimum Gasteiger partial charge on any atom is -0.384 e. The highest BCUT2D eigenvalue weighted by Crippen LogP contribution is 2.14. The summed E-state index contributed by atoms with van der Waals surface area (Å²) >= 11 is 0. The third-order valence-corrected chi connectivity index (χ3v) is 2.42. The molecule has 0 radical (unpaired) electrons. The second kappa shape index (κ2) is 7.32. The predicted octanol–water partition coefficient (Wildman–Crippen LogP) is 0.570. The van der Waals surface area contributed by atoms with E-state index in [1.165, 1.54) is 4.90 Å². The number of nitrogens with zero attached hydrogens (tertiary/aromatic N) is 4. The molecule has 1 N–H and O–H groups in total. The molecule has 0 saturated heterocycles. The van der Waals surface area contributed by atoms with Gasteiger partial charge >= 0.3 is 0 Å². The van der Waals surface area contributed by atoms with E-state index in [1.807, 2.05) is 0 Å². The summed E-state index contributed by atoms with van der Waals surface area (Å²) in [6, 6.07) is 0. The van der Waals surface area contributed by atoms with E-state index in [4.69, 9.17) is 4.74 Å². The molecular formula is C12H19N5O2. The van der Waals surface area contributed by atoms with E-state index in [0.717, 1.165) is 5.70 Å². The molecule has 0 aliphatic rings. The number of rotatable bonds is 8. The van der Waals surface area contributed by atoms with Crippen LogP contribution in [0.1, 0.15) is 12.2 Å². The maximum absolute atomic E-state index is 11.1. The lowest BCUT2D eigenvalue weighted by Gasteiger charge is -2.20. The summed E-state index contributed by atoms with van der Waals surface area (Å²) in [6.07, 6.45) is 4.41. The molecule has 7 heteroatoms. The third-order valence-electron chi connectivity index (χ3n) is 2.42. The zero-order valence-electron chi connectivity index (χ0n) is 11.5. The first-order chi connectivity index (χ1) is 9.13. The molecule has 1 aromatic heterocycles. The van der Waals surface area contributed by atoms with Crippen molar-refractivity contribution in [1.29, 1.82) is 0 Å². The highest BCUT2D eigenvalue weighted by Gasteiger charge is 2.14. The lowest BCUT2D eigenvalue weighted by molar-refractivity contribution is -0.114. The maximum atomic E-state index is 11.1. The number of amides is 1. The summed E-state index contributed by atoms with van der Waals surface area (Å²) in [4.78, 5) is 16.5. The Balaban J connectivity index is 3.23. The first kappa shape index (κ1) is 14.9. The molecule has 0 aromatic carbocycles. The third kappa shape index (κ3) is 3.92. The fraction of sp³-hybridized carbons (Fsp3) is 0.417. The number of nitrogens with one attached hydrogen (secondary N) is 1. The summed E-state index contributed by atoms with van der Waals surface area (Å²) in [5, 5.41) is 7.24. The molecule has 1 heterocycles. The fourth-order valence-corrected chi connectivity index (χ4v) is 1.59. The van der Waals surface area contributed by atoms with Crippen molar-refractivity contribution in [1.82, 2.24) is 25.0 Å². The monoisotopic (exact) mass is 265 g/mol. The van der Waals surface area contributed by atoms with Gasteiger partial charge < -0.3 is 15.0 Å². The summed E-state index contributed by atoms with van der Waals surface area (Å²) in [7, 11) is 3.27. The first-order valence-electron chi connectivity index (χ1n) is 5.80. The predicted molar refractivity (Wildman–Crippen MR) is 71.6 cm³/mol. The lowest BCUT2D eigenvalue weighted by Crippen LogP contribution is -2.25. The van der Waals surface area contributed by atoms with Crippen LogP contribution in [0.3, 0.4) is 0 Å². The van der Waals surface area contributed by atoms with Crippen LogP contribution in [0.5, 0.6) is 0 Å². The van der Waals surface area contributed by atoms with Crippen molar-refractivity contribution in [2.75, 3.05) is 20.8 Å². The number of methoxy groups -OCH3 is 1. The van der Waals surface area contributed by atoms with Crippen LogP contribution in [0.15, 0.2) is 24.8 Å². The Morgan fingerprint density at radius 3 is 2.89 bits per heavy atom. The smallest absolute Gasteiger partial charge is 0.215 e. The summed E-state index contributed by atoms with van der Waals surface area (Å²) in [5.41, 5.74) is 0.774. The van der Waals surface area contributed by atoms with Crippen LogP contribution in [0.2, 0.25) is 0 Å². The Kier molecular flexibility index (Phi) is 5.74. The van der Waals surface area contributed by atoms with Gasteiger partial charge in [0.2, 0.25) is 6.41 Å². The Bertz CT molecular complexity index is 466. The van der Waals surface area contributed by atoms with Crippen molar-refractivity contribution in [2.45, 2.75) is 13.3 Å². The van der Waals surface area contributed by atoms with E-state index < -0.39 is 0 Å². The van der Waals surface area contributed by atoms with Crippen LogP contribution in [-0.2, 0) is 9.53 Å². The SMILES string of the molecule is C=CN/C(CCOC)=C(/N(C)C=O)n1cnc(C)n1. The minimum absolute atomic E-state index is 0.514. The molecular weight excluding hydrogens is 246 g/mol. The highest BCUT2D eigenvalue weighted by molar-refractivity contribution is 5.64. The molecule has 0 bridgehead atoms. The molecule has 0 aliphatic carbocycles. The Hall–Kier alpha value is -2.15. The van der Waals surface area contributed by atoms with Gasteiger partial charge in [-0.25, -0.2) is 9.67 Å². The number of carbonyl (C=O) groups excluding carboxylic acids is 1. The molecule has 0 unspecified atom stereocenters. The zero-order chi connectivity index (χ0) is 14.3. The van der Waals surface area contributed by atoms with Crippen LogP contribution in [-0.4, -0.2) is 46.8 Å². The second-order valence-electron chi connectivity index (χ2n) is 3.85. The van der Waals surface area contributed by atoms with E-state index in [9.17, 15) is 4.79 Å². The molecule has 0 aliphatic heterocycles. The summed E-state index contributed by atoms with van der Waals surface area (Å²) in [6.45, 7) is 5.93. The van der Waals surface area contributed by atoms with Gasteiger partial charge in [0.05, 0.1) is 12.3 Å². The van der Waals surface area contributed by atoms with Crippen molar-refractivity contribution in [2.24, 2.45) is 0 Å². The molecule has 19 heavy (non-hydrogen) atoms. The van der Waals surface area contributed by atoms with Crippen LogP contribution in [0, 0.1) is 6.92 Å². The van der Waals surface area contributed by atoms with Gasteiger partial charge in [-0.15, -0.1) is 0 Å². The molecule has 1 amide bonds. The van der Waals surface area contributed by atoms with Gasteiger partial charge in [0, 0.05) is 20.6 Å². The largest absolute Gasteiger partial charge is 0.384 e. The molecule has 0 atom stereocenters. The number of aromatic nitrogens is 3. The van der Waals surface area contributed by atoms with Crippen molar-refractivity contribution < 1.29 is 9.53 Å². The van der Waals surface area contributed by atoms with Gasteiger partial charge in [0.25, 0.3) is 0 Å². The molecule has 0 spiro atoms. The fourth-order valence-electron chi connectivity index (χ4n) is 1.59. The average molecular weight is 265 g/mol. The van der Waals surface area contributed by atoms with Crippen molar-refractivity contribution in [3.63, 3.8) is 0 Å². The number of carbonyl (C=O) groups is 1. The Morgan fingerprint density at radius 1 is 1.68 bits per heavy atom. The highest BCUT2D eigenvalue weighted by atomic mass is 16.5. The Morgan fingerprint density at radius 2 is 2.42 bits per heavy atom. The number of aryl methyl sites for hydroxylation is 1. The first-order valence-corrected chi connectivity index (χ1v) is 5.80.